The van der Waals surface area contributed by atoms with Crippen molar-refractivity contribution in [3.05, 3.63) is 82.7 Å². The van der Waals surface area contributed by atoms with Crippen LogP contribution in [0.25, 0.3) is 26.8 Å². The topological polar surface area (TPSA) is 115 Å². The summed E-state index contributed by atoms with van der Waals surface area (Å²) < 4.78 is 32.4. The number of hydrogen-bond acceptors (Lipinski definition) is 9. The van der Waals surface area contributed by atoms with Gasteiger partial charge >= 0.3 is 5.97 Å². The Morgan fingerprint density at radius 1 is 0.971 bits per heavy atom. The molecule has 174 valence electrons. The largest absolute Gasteiger partial charge is 0.494 e. The molecule has 0 amide bonds. The van der Waals surface area contributed by atoms with Gasteiger partial charge in [-0.2, -0.15) is 8.75 Å². The number of ether oxygens (including phenoxy) is 1. The number of Topliss-reactive ketones (excluding diaryl/α,β-unsaturated/α-hetero) is 1. The van der Waals surface area contributed by atoms with Crippen molar-refractivity contribution in [2.75, 3.05) is 7.11 Å². The average Bonchev–Trinajstić information content (AvgIpc) is 3.51. The summed E-state index contributed by atoms with van der Waals surface area (Å²) in [5.74, 6) is -2.63. The predicted molar refractivity (Wildman–Crippen MR) is 130 cm³/mol. The summed E-state index contributed by atoms with van der Waals surface area (Å²) in [4.78, 5) is 26.2. The van der Waals surface area contributed by atoms with Crippen LogP contribution in [-0.2, 0) is 11.2 Å². The number of hydrogen-bond donors (Lipinski definition) is 1. The zero-order valence-electron chi connectivity index (χ0n) is 18.1. The molecule has 5 aromatic rings. The third-order valence-corrected chi connectivity index (χ3v) is 6.68. The molecule has 11 heteroatoms. The van der Waals surface area contributed by atoms with Crippen molar-refractivity contribution in [2.45, 2.75) is 6.42 Å². The van der Waals surface area contributed by atoms with Crippen molar-refractivity contribution in [2.24, 2.45) is 0 Å². The van der Waals surface area contributed by atoms with Gasteiger partial charge in [0.25, 0.3) is 0 Å². The molecule has 0 saturated carbocycles. The van der Waals surface area contributed by atoms with E-state index in [9.17, 15) is 19.1 Å². The number of fused-ring (bicyclic) bond motifs is 2. The minimum atomic E-state index is -1.29. The normalized spacial score (nSPS) is 12.1. The number of halogens is 1. The monoisotopic (exact) mass is 506 g/mol. The van der Waals surface area contributed by atoms with Crippen LogP contribution in [0.1, 0.15) is 21.5 Å². The summed E-state index contributed by atoms with van der Waals surface area (Å²) in [6.07, 6.45) is -0.00466. The molecular formula is C24H15FN4O4S2. The van der Waals surface area contributed by atoms with E-state index < -0.39 is 17.6 Å². The molecule has 0 unspecified atom stereocenters. The zero-order chi connectivity index (χ0) is 24.5. The van der Waals surface area contributed by atoms with Crippen molar-refractivity contribution in [3.8, 4) is 5.75 Å². The quantitative estimate of drug-likeness (QED) is 0.247. The molecule has 8 nitrogen and oxygen atoms in total. The van der Waals surface area contributed by atoms with Gasteiger partial charge < -0.3 is 9.84 Å². The number of aliphatic carboxylic acids is 1. The molecule has 0 atom stereocenters. The van der Waals surface area contributed by atoms with Crippen molar-refractivity contribution in [1.29, 1.82) is 0 Å². The second-order valence-corrected chi connectivity index (χ2v) is 8.87. The Bertz CT molecular complexity index is 1640. The third-order valence-electron chi connectivity index (χ3n) is 5.44. The smallest absolute Gasteiger partial charge is 0.336 e. The molecule has 0 aliphatic heterocycles. The van der Waals surface area contributed by atoms with Crippen molar-refractivity contribution >= 4 is 61.8 Å². The van der Waals surface area contributed by atoms with Gasteiger partial charge in [0, 0.05) is 17.6 Å². The zero-order valence-corrected chi connectivity index (χ0v) is 19.7. The lowest BCUT2D eigenvalue weighted by molar-refractivity contribution is -0.130. The Hall–Kier alpha value is -4.09. The molecule has 35 heavy (non-hydrogen) atoms. The van der Waals surface area contributed by atoms with E-state index in [1.54, 1.807) is 30.3 Å². The third kappa shape index (κ3) is 4.38. The number of benzene rings is 3. The van der Waals surface area contributed by atoms with E-state index in [1.807, 2.05) is 6.07 Å². The highest BCUT2D eigenvalue weighted by atomic mass is 32.1. The minimum absolute atomic E-state index is 0.00132. The van der Waals surface area contributed by atoms with Gasteiger partial charge in [0.05, 0.1) is 29.1 Å². The highest BCUT2D eigenvalue weighted by Crippen LogP contribution is 2.30. The summed E-state index contributed by atoms with van der Waals surface area (Å²) in [6.45, 7) is 0. The van der Waals surface area contributed by atoms with Crippen LogP contribution in [0.4, 0.5) is 4.39 Å². The van der Waals surface area contributed by atoms with E-state index in [4.69, 9.17) is 4.74 Å². The van der Waals surface area contributed by atoms with E-state index in [-0.39, 0.29) is 28.9 Å². The van der Waals surface area contributed by atoms with Crippen LogP contribution in [0, 0.1) is 5.82 Å². The van der Waals surface area contributed by atoms with Crippen LogP contribution < -0.4 is 4.74 Å². The van der Waals surface area contributed by atoms with Crippen molar-refractivity contribution < 1.29 is 23.8 Å². The Labute approximate surface area is 205 Å². The van der Waals surface area contributed by atoms with Crippen LogP contribution in [-0.4, -0.2) is 42.3 Å². The summed E-state index contributed by atoms with van der Waals surface area (Å²) in [6, 6.07) is 14.0. The molecule has 2 aromatic heterocycles. The highest BCUT2D eigenvalue weighted by molar-refractivity contribution is 7.12. The molecule has 3 aromatic carbocycles. The number of methoxy groups -OCH3 is 1. The first-order valence-corrected chi connectivity index (χ1v) is 11.7. The predicted octanol–water partition coefficient (Wildman–Crippen LogP) is 4.81. The fourth-order valence-electron chi connectivity index (χ4n) is 3.77. The molecule has 1 N–H and O–H groups in total. The van der Waals surface area contributed by atoms with E-state index >= 15 is 0 Å². The molecule has 2 heterocycles. The van der Waals surface area contributed by atoms with Crippen LogP contribution in [0.3, 0.4) is 0 Å². The molecule has 0 spiro atoms. The number of rotatable bonds is 7. The summed E-state index contributed by atoms with van der Waals surface area (Å²) in [5, 5.41) is 14.2. The SMILES string of the molecule is COc1ccc(C(=O)C(Cc2ccc3nnsc3c2)=C(C(=O)O)c2ccc3nsnc3c2)cc1F. The average molecular weight is 507 g/mol. The number of carboxylic acids is 1. The number of carbonyl (C=O) groups is 2. The van der Waals surface area contributed by atoms with E-state index in [1.165, 1.54) is 30.8 Å². The molecule has 0 fully saturated rings. The molecule has 0 aliphatic rings. The van der Waals surface area contributed by atoms with Gasteiger partial charge in [0.15, 0.2) is 17.3 Å². The molecule has 0 aliphatic carbocycles. The van der Waals surface area contributed by atoms with Gasteiger partial charge in [-0.15, -0.1) is 5.10 Å². The summed E-state index contributed by atoms with van der Waals surface area (Å²) >= 11 is 2.21. The van der Waals surface area contributed by atoms with Crippen molar-refractivity contribution in [3.63, 3.8) is 0 Å². The van der Waals surface area contributed by atoms with Gasteiger partial charge in [-0.25, -0.2) is 9.18 Å². The van der Waals surface area contributed by atoms with Gasteiger partial charge in [-0.3, -0.25) is 4.79 Å². The maximum Gasteiger partial charge on any atom is 0.336 e. The number of carbonyl (C=O) groups excluding carboxylic acids is 1. The van der Waals surface area contributed by atoms with Gasteiger partial charge in [-0.1, -0.05) is 16.6 Å². The standard InChI is InChI=1S/C24H15FN4O4S2/c1-33-20-7-4-14(10-16(20)25)23(30)15(8-12-2-5-18-21(9-12)34-29-26-18)22(24(31)32)13-3-6-17-19(11-13)28-35-27-17/h2-7,9-11H,8H2,1H3,(H,31,32). The number of carboxylic acid groups (broad SMARTS) is 1. The van der Waals surface area contributed by atoms with Gasteiger partial charge in [0.2, 0.25) is 0 Å². The Kier molecular flexibility index (Phi) is 6.01. The Morgan fingerprint density at radius 2 is 1.74 bits per heavy atom. The maximum absolute atomic E-state index is 14.4. The lowest BCUT2D eigenvalue weighted by atomic mass is 9.89. The molecule has 5 rings (SSSR count). The summed E-state index contributed by atoms with van der Waals surface area (Å²) in [7, 11) is 1.32. The molecular weight excluding hydrogens is 491 g/mol. The first-order valence-electron chi connectivity index (χ1n) is 10.2. The maximum atomic E-state index is 14.4. The second-order valence-electron chi connectivity index (χ2n) is 7.56. The second kappa shape index (κ2) is 9.28. The first-order chi connectivity index (χ1) is 16.9. The number of aromatic nitrogens is 4. The fourth-order valence-corrected chi connectivity index (χ4v) is 4.91. The van der Waals surface area contributed by atoms with E-state index in [0.717, 1.165) is 22.5 Å². The highest BCUT2D eigenvalue weighted by Gasteiger charge is 2.25. The Balaban J connectivity index is 1.69. The lowest BCUT2D eigenvalue weighted by Crippen LogP contribution is -2.14. The fraction of sp³-hybridized carbons (Fsp3) is 0.0833. The molecule has 0 radical (unpaired) electrons. The van der Waals surface area contributed by atoms with Crippen LogP contribution in [0.5, 0.6) is 5.75 Å². The van der Waals surface area contributed by atoms with Gasteiger partial charge in [-0.05, 0) is 65.1 Å². The van der Waals surface area contributed by atoms with E-state index in [0.29, 0.717) is 27.7 Å². The van der Waals surface area contributed by atoms with Crippen LogP contribution >= 0.6 is 23.3 Å². The lowest BCUT2D eigenvalue weighted by Gasteiger charge is -2.14. The van der Waals surface area contributed by atoms with Crippen molar-refractivity contribution in [1.82, 2.24) is 18.3 Å². The number of nitrogens with zero attached hydrogens (tertiary/aromatic N) is 4. The van der Waals surface area contributed by atoms with Crippen LogP contribution in [0.15, 0.2) is 60.2 Å². The number of allylic oxidation sites excluding steroid dienone is 1. The Morgan fingerprint density at radius 3 is 2.51 bits per heavy atom. The van der Waals surface area contributed by atoms with E-state index in [2.05, 4.69) is 18.3 Å². The van der Waals surface area contributed by atoms with Crippen LogP contribution in [0.2, 0.25) is 0 Å². The minimum Gasteiger partial charge on any atom is -0.494 e. The van der Waals surface area contributed by atoms with Gasteiger partial charge in [0.1, 0.15) is 16.6 Å². The molecule has 0 bridgehead atoms. The first kappa shape index (κ1) is 22.7. The molecule has 0 saturated heterocycles. The number of ketones is 1. The summed E-state index contributed by atoms with van der Waals surface area (Å²) in [5.41, 5.74) is 2.65.